The first-order valence-corrected chi connectivity index (χ1v) is 10.8. The second-order valence-electron chi connectivity index (χ2n) is 7.64. The molecule has 1 amide bonds. The van der Waals surface area contributed by atoms with E-state index in [1.54, 1.807) is 37.4 Å². The predicted octanol–water partition coefficient (Wildman–Crippen LogP) is 4.15. The Morgan fingerprint density at radius 3 is 2.55 bits per heavy atom. The third kappa shape index (κ3) is 4.48. The molecule has 9 heteroatoms. The number of aryl methyl sites for hydroxylation is 2. The van der Waals surface area contributed by atoms with Crippen LogP contribution < -0.4 is 15.8 Å². The van der Waals surface area contributed by atoms with Crippen molar-refractivity contribution in [1.82, 2.24) is 15.1 Å². The van der Waals surface area contributed by atoms with Crippen LogP contribution in [-0.2, 0) is 0 Å². The van der Waals surface area contributed by atoms with Gasteiger partial charge in [0.1, 0.15) is 10.8 Å². The molecular formula is C22H22Cl2N4O3. The maximum atomic E-state index is 12.8. The molecule has 3 heterocycles. The number of amides is 1. The van der Waals surface area contributed by atoms with Gasteiger partial charge in [0.05, 0.1) is 17.6 Å². The fraction of sp³-hybridized carbons (Fsp3) is 0.318. The molecule has 0 spiro atoms. The molecule has 1 aliphatic rings. The van der Waals surface area contributed by atoms with Crippen molar-refractivity contribution in [2.75, 3.05) is 18.0 Å². The summed E-state index contributed by atoms with van der Waals surface area (Å²) < 4.78 is 6.62. The first kappa shape index (κ1) is 21.5. The molecule has 0 unspecified atom stereocenters. The number of nitrogens with one attached hydrogen (secondary N) is 1. The van der Waals surface area contributed by atoms with Crippen molar-refractivity contribution >= 4 is 34.8 Å². The summed E-state index contributed by atoms with van der Waals surface area (Å²) in [6.45, 7) is 4.97. The monoisotopic (exact) mass is 460 g/mol. The van der Waals surface area contributed by atoms with Crippen LogP contribution in [-0.4, -0.2) is 34.8 Å². The number of nitrogens with zero attached hydrogens (tertiary/aromatic N) is 3. The summed E-state index contributed by atoms with van der Waals surface area (Å²) in [5.41, 5.74) is 1.66. The lowest BCUT2D eigenvalue weighted by atomic mass is 10.0. The van der Waals surface area contributed by atoms with Crippen LogP contribution >= 0.6 is 23.2 Å². The van der Waals surface area contributed by atoms with Gasteiger partial charge in [-0.05, 0) is 56.5 Å². The Labute approximate surface area is 189 Å². The molecule has 7 nitrogen and oxygen atoms in total. The number of furan rings is 1. The molecule has 0 atom stereocenters. The van der Waals surface area contributed by atoms with Gasteiger partial charge >= 0.3 is 0 Å². The molecule has 162 valence electrons. The zero-order valence-corrected chi connectivity index (χ0v) is 18.7. The number of aromatic nitrogens is 2. The van der Waals surface area contributed by atoms with Gasteiger partial charge in [-0.1, -0.05) is 29.3 Å². The van der Waals surface area contributed by atoms with Gasteiger partial charge in [0.2, 0.25) is 0 Å². The highest BCUT2D eigenvalue weighted by atomic mass is 35.5. The average Bonchev–Trinajstić information content (AvgIpc) is 3.19. The second kappa shape index (κ2) is 8.77. The van der Waals surface area contributed by atoms with Gasteiger partial charge in [-0.2, -0.15) is 9.78 Å². The molecule has 0 radical (unpaired) electrons. The van der Waals surface area contributed by atoms with E-state index in [9.17, 15) is 9.59 Å². The van der Waals surface area contributed by atoms with Gasteiger partial charge < -0.3 is 14.6 Å². The maximum Gasteiger partial charge on any atom is 0.292 e. The van der Waals surface area contributed by atoms with Crippen LogP contribution in [0.25, 0.3) is 5.69 Å². The zero-order valence-electron chi connectivity index (χ0n) is 17.2. The summed E-state index contributed by atoms with van der Waals surface area (Å²) >= 11 is 12.6. The second-order valence-corrected chi connectivity index (χ2v) is 8.42. The van der Waals surface area contributed by atoms with Crippen molar-refractivity contribution in [2.45, 2.75) is 32.7 Å². The molecule has 0 aliphatic carbocycles. The van der Waals surface area contributed by atoms with Crippen molar-refractivity contribution in [3.05, 3.63) is 74.0 Å². The van der Waals surface area contributed by atoms with E-state index in [-0.39, 0.29) is 17.0 Å². The number of rotatable bonds is 4. The van der Waals surface area contributed by atoms with Gasteiger partial charge in [-0.3, -0.25) is 9.59 Å². The first-order chi connectivity index (χ1) is 14.8. The van der Waals surface area contributed by atoms with E-state index < -0.39 is 5.56 Å². The minimum Gasteiger partial charge on any atom is -0.456 e. The summed E-state index contributed by atoms with van der Waals surface area (Å²) in [7, 11) is 0. The SMILES string of the molecule is Cc1ccc(C(=O)NC2CCN(c3cnn(-c4ccc(C)c(Cl)c4)c(=O)c3Cl)CC2)o1. The highest BCUT2D eigenvalue weighted by molar-refractivity contribution is 6.33. The molecule has 2 aromatic heterocycles. The molecule has 0 bridgehead atoms. The van der Waals surface area contributed by atoms with Gasteiger partial charge in [0, 0.05) is 24.2 Å². The number of hydrogen-bond donors (Lipinski definition) is 1. The van der Waals surface area contributed by atoms with E-state index in [0.29, 0.717) is 41.0 Å². The maximum absolute atomic E-state index is 12.8. The van der Waals surface area contributed by atoms with Crippen molar-refractivity contribution in [3.63, 3.8) is 0 Å². The van der Waals surface area contributed by atoms with E-state index >= 15 is 0 Å². The molecule has 1 N–H and O–H groups in total. The highest BCUT2D eigenvalue weighted by Crippen LogP contribution is 2.26. The van der Waals surface area contributed by atoms with E-state index in [2.05, 4.69) is 10.4 Å². The molecule has 1 aromatic carbocycles. The summed E-state index contributed by atoms with van der Waals surface area (Å²) in [5, 5.41) is 7.97. The molecule has 3 aromatic rings. The summed E-state index contributed by atoms with van der Waals surface area (Å²) in [6, 6.07) is 8.75. The predicted molar refractivity (Wildman–Crippen MR) is 121 cm³/mol. The Kier molecular flexibility index (Phi) is 6.07. The van der Waals surface area contributed by atoms with E-state index in [1.165, 1.54) is 4.68 Å². The Balaban J connectivity index is 1.45. The minimum atomic E-state index is -0.400. The van der Waals surface area contributed by atoms with Crippen LogP contribution in [0.3, 0.4) is 0 Å². The summed E-state index contributed by atoms with van der Waals surface area (Å²) in [4.78, 5) is 27.1. The largest absolute Gasteiger partial charge is 0.456 e. The van der Waals surface area contributed by atoms with Gasteiger partial charge in [-0.15, -0.1) is 0 Å². The van der Waals surface area contributed by atoms with Crippen LogP contribution in [0.1, 0.15) is 34.7 Å². The summed E-state index contributed by atoms with van der Waals surface area (Å²) in [5.74, 6) is 0.794. The Bertz CT molecular complexity index is 1180. The van der Waals surface area contributed by atoms with Crippen LogP contribution in [0.2, 0.25) is 10.0 Å². The lowest BCUT2D eigenvalue weighted by molar-refractivity contribution is 0.0901. The minimum absolute atomic E-state index is 0.0240. The number of benzene rings is 1. The molecule has 4 rings (SSSR count). The van der Waals surface area contributed by atoms with Gasteiger partial charge in [0.15, 0.2) is 5.76 Å². The Morgan fingerprint density at radius 1 is 1.16 bits per heavy atom. The summed E-state index contributed by atoms with van der Waals surface area (Å²) in [6.07, 6.45) is 3.04. The molecule has 1 saturated heterocycles. The number of carbonyl (C=O) groups excluding carboxylic acids is 1. The van der Waals surface area contributed by atoms with Crippen molar-refractivity contribution in [3.8, 4) is 5.69 Å². The number of hydrogen-bond acceptors (Lipinski definition) is 5. The molecule has 1 aliphatic heterocycles. The van der Waals surface area contributed by atoms with Gasteiger partial charge in [-0.25, -0.2) is 0 Å². The number of piperidine rings is 1. The first-order valence-electron chi connectivity index (χ1n) is 10.00. The van der Waals surface area contributed by atoms with E-state index in [1.807, 2.05) is 17.9 Å². The average molecular weight is 461 g/mol. The van der Waals surface area contributed by atoms with Crippen LogP contribution in [0.4, 0.5) is 5.69 Å². The van der Waals surface area contributed by atoms with E-state index in [0.717, 1.165) is 18.4 Å². The fourth-order valence-electron chi connectivity index (χ4n) is 3.62. The normalized spacial score (nSPS) is 14.6. The number of anilines is 1. The molecular weight excluding hydrogens is 439 g/mol. The highest BCUT2D eigenvalue weighted by Gasteiger charge is 2.25. The van der Waals surface area contributed by atoms with E-state index in [4.69, 9.17) is 27.6 Å². The standard InChI is InChI=1S/C22H22Cl2N4O3/c1-13-3-5-16(11-17(13)23)28-22(30)20(24)18(12-25-28)27-9-7-15(8-10-27)26-21(29)19-6-4-14(2)31-19/h3-6,11-12,15H,7-10H2,1-2H3,(H,26,29). The Hall–Kier alpha value is -2.77. The van der Waals surface area contributed by atoms with Crippen LogP contribution in [0.5, 0.6) is 0 Å². The molecule has 31 heavy (non-hydrogen) atoms. The zero-order chi connectivity index (χ0) is 22.1. The number of halogens is 2. The Morgan fingerprint density at radius 2 is 1.90 bits per heavy atom. The van der Waals surface area contributed by atoms with Crippen molar-refractivity contribution < 1.29 is 9.21 Å². The quantitative estimate of drug-likeness (QED) is 0.632. The smallest absolute Gasteiger partial charge is 0.292 e. The lowest BCUT2D eigenvalue weighted by Gasteiger charge is -2.34. The lowest BCUT2D eigenvalue weighted by Crippen LogP contribution is -2.45. The fourth-order valence-corrected chi connectivity index (χ4v) is 4.04. The molecule has 0 saturated carbocycles. The van der Waals surface area contributed by atoms with Gasteiger partial charge in [0.25, 0.3) is 11.5 Å². The third-order valence-corrected chi connectivity index (χ3v) is 6.20. The third-order valence-electron chi connectivity index (χ3n) is 5.44. The van der Waals surface area contributed by atoms with Crippen LogP contribution in [0, 0.1) is 13.8 Å². The molecule has 1 fully saturated rings. The topological polar surface area (TPSA) is 80.4 Å². The number of carbonyl (C=O) groups is 1. The van der Waals surface area contributed by atoms with Crippen LogP contribution in [0.15, 0.2) is 45.7 Å². The van der Waals surface area contributed by atoms with Crippen molar-refractivity contribution in [1.29, 1.82) is 0 Å². The van der Waals surface area contributed by atoms with Crippen molar-refractivity contribution in [2.24, 2.45) is 0 Å².